The van der Waals surface area contributed by atoms with Crippen LogP contribution in [0, 0.1) is 0 Å². The highest BCUT2D eigenvalue weighted by molar-refractivity contribution is 7.16. The van der Waals surface area contributed by atoms with Gasteiger partial charge in [-0.2, -0.15) is 5.10 Å². The molecule has 0 atom stereocenters. The largest absolute Gasteiger partial charge is 0.353 e. The van der Waals surface area contributed by atoms with Crippen LogP contribution in [0.2, 0.25) is 0 Å². The SMILES string of the molecule is CC(C)c1[nH]ncc1CN1CCN(c2ncnc3sccc23)CC1. The molecule has 0 amide bonds. The summed E-state index contributed by atoms with van der Waals surface area (Å²) in [4.78, 5) is 14.8. The van der Waals surface area contributed by atoms with Gasteiger partial charge in [-0.05, 0) is 17.4 Å². The van der Waals surface area contributed by atoms with Crippen molar-refractivity contribution in [3.63, 3.8) is 0 Å². The second-order valence-electron chi connectivity index (χ2n) is 6.56. The highest BCUT2D eigenvalue weighted by Crippen LogP contribution is 2.27. The molecule has 0 unspecified atom stereocenters. The zero-order valence-electron chi connectivity index (χ0n) is 14.1. The summed E-state index contributed by atoms with van der Waals surface area (Å²) in [5.74, 6) is 1.56. The number of nitrogens with one attached hydrogen (secondary N) is 1. The molecule has 0 spiro atoms. The molecule has 3 aromatic rings. The Morgan fingerprint density at radius 1 is 1.21 bits per heavy atom. The molecular weight excluding hydrogens is 320 g/mol. The van der Waals surface area contributed by atoms with Crippen molar-refractivity contribution in [1.29, 1.82) is 0 Å². The Bertz CT molecular complexity index is 815. The Morgan fingerprint density at radius 3 is 2.83 bits per heavy atom. The standard InChI is InChI=1S/C17H22N6S/c1-12(2)15-13(9-20-21-15)10-22-4-6-23(7-5-22)16-14-3-8-24-17(14)19-11-18-16/h3,8-9,11-12H,4-7,10H2,1-2H3,(H,20,21). The highest BCUT2D eigenvalue weighted by atomic mass is 32.1. The molecule has 0 bridgehead atoms. The van der Waals surface area contributed by atoms with Crippen molar-refractivity contribution < 1.29 is 0 Å². The fraction of sp³-hybridized carbons (Fsp3) is 0.471. The van der Waals surface area contributed by atoms with Gasteiger partial charge in [0, 0.05) is 44.0 Å². The van der Waals surface area contributed by atoms with E-state index in [4.69, 9.17) is 0 Å². The molecule has 6 nitrogen and oxygen atoms in total. The monoisotopic (exact) mass is 342 g/mol. The molecule has 1 fully saturated rings. The van der Waals surface area contributed by atoms with Crippen LogP contribution in [-0.2, 0) is 6.54 Å². The van der Waals surface area contributed by atoms with Crippen LogP contribution in [0.4, 0.5) is 5.82 Å². The first-order valence-corrected chi connectivity index (χ1v) is 9.28. The van der Waals surface area contributed by atoms with Gasteiger partial charge in [0.05, 0.1) is 11.6 Å². The topological polar surface area (TPSA) is 60.9 Å². The van der Waals surface area contributed by atoms with Crippen molar-refractivity contribution in [1.82, 2.24) is 25.1 Å². The van der Waals surface area contributed by atoms with Gasteiger partial charge in [0.1, 0.15) is 17.0 Å². The molecular formula is C17H22N6S. The average Bonchev–Trinajstić information content (AvgIpc) is 3.24. The van der Waals surface area contributed by atoms with E-state index in [0.717, 1.165) is 43.4 Å². The van der Waals surface area contributed by atoms with Crippen molar-refractivity contribution in [3.8, 4) is 0 Å². The number of aromatic amines is 1. The van der Waals surface area contributed by atoms with Crippen LogP contribution in [0.1, 0.15) is 31.0 Å². The minimum Gasteiger partial charge on any atom is -0.353 e. The number of anilines is 1. The Morgan fingerprint density at radius 2 is 2.04 bits per heavy atom. The van der Waals surface area contributed by atoms with Crippen LogP contribution >= 0.6 is 11.3 Å². The minimum absolute atomic E-state index is 0.483. The van der Waals surface area contributed by atoms with Crippen LogP contribution in [0.3, 0.4) is 0 Å². The number of hydrogen-bond acceptors (Lipinski definition) is 6. The number of aromatic nitrogens is 4. The third-order valence-electron chi connectivity index (χ3n) is 4.64. The summed E-state index contributed by atoms with van der Waals surface area (Å²) in [6.07, 6.45) is 3.65. The number of H-pyrrole nitrogens is 1. The van der Waals surface area contributed by atoms with Crippen molar-refractivity contribution in [2.45, 2.75) is 26.3 Å². The van der Waals surface area contributed by atoms with E-state index in [1.54, 1.807) is 17.7 Å². The van der Waals surface area contributed by atoms with Crippen LogP contribution < -0.4 is 4.90 Å². The number of nitrogens with zero attached hydrogens (tertiary/aromatic N) is 5. The predicted molar refractivity (Wildman–Crippen MR) is 97.6 cm³/mol. The number of hydrogen-bond donors (Lipinski definition) is 1. The minimum atomic E-state index is 0.483. The van der Waals surface area contributed by atoms with Gasteiger partial charge < -0.3 is 4.90 Å². The normalized spacial score (nSPS) is 16.4. The van der Waals surface area contributed by atoms with Crippen molar-refractivity contribution in [2.24, 2.45) is 0 Å². The maximum atomic E-state index is 4.53. The molecule has 126 valence electrons. The molecule has 0 aromatic carbocycles. The second kappa shape index (κ2) is 6.49. The third kappa shape index (κ3) is 2.89. The Labute approximate surface area is 145 Å². The average molecular weight is 342 g/mol. The summed E-state index contributed by atoms with van der Waals surface area (Å²) >= 11 is 1.67. The molecule has 1 aliphatic heterocycles. The molecule has 1 saturated heterocycles. The van der Waals surface area contributed by atoms with E-state index in [1.807, 2.05) is 6.20 Å². The van der Waals surface area contributed by atoms with Crippen LogP contribution in [0.15, 0.2) is 24.0 Å². The van der Waals surface area contributed by atoms with Gasteiger partial charge in [-0.1, -0.05) is 13.8 Å². The maximum absolute atomic E-state index is 4.53. The van der Waals surface area contributed by atoms with E-state index in [2.05, 4.69) is 55.3 Å². The second-order valence-corrected chi connectivity index (χ2v) is 7.46. The van der Waals surface area contributed by atoms with E-state index < -0.39 is 0 Å². The fourth-order valence-electron chi connectivity index (χ4n) is 3.33. The van der Waals surface area contributed by atoms with E-state index in [0.29, 0.717) is 5.92 Å². The summed E-state index contributed by atoms with van der Waals surface area (Å²) in [7, 11) is 0. The summed E-state index contributed by atoms with van der Waals surface area (Å²) in [5.41, 5.74) is 2.58. The fourth-order valence-corrected chi connectivity index (χ4v) is 4.06. The summed E-state index contributed by atoms with van der Waals surface area (Å²) in [6, 6.07) is 2.13. The Hall–Kier alpha value is -1.99. The number of rotatable bonds is 4. The number of fused-ring (bicyclic) bond motifs is 1. The van der Waals surface area contributed by atoms with Crippen LogP contribution in [-0.4, -0.2) is 51.2 Å². The molecule has 1 N–H and O–H groups in total. The first-order valence-electron chi connectivity index (χ1n) is 8.40. The lowest BCUT2D eigenvalue weighted by Gasteiger charge is -2.35. The van der Waals surface area contributed by atoms with Gasteiger partial charge in [-0.15, -0.1) is 11.3 Å². The third-order valence-corrected chi connectivity index (χ3v) is 5.46. The summed E-state index contributed by atoms with van der Waals surface area (Å²) in [5, 5.41) is 10.6. The van der Waals surface area contributed by atoms with Gasteiger partial charge in [0.25, 0.3) is 0 Å². The molecule has 1 aliphatic rings. The lowest BCUT2D eigenvalue weighted by atomic mass is 10.1. The van der Waals surface area contributed by atoms with Crippen molar-refractivity contribution in [2.75, 3.05) is 31.1 Å². The smallest absolute Gasteiger partial charge is 0.140 e. The molecule has 4 heterocycles. The van der Waals surface area contributed by atoms with Crippen molar-refractivity contribution in [3.05, 3.63) is 35.2 Å². The van der Waals surface area contributed by atoms with E-state index in [-0.39, 0.29) is 0 Å². The van der Waals surface area contributed by atoms with Crippen molar-refractivity contribution >= 4 is 27.4 Å². The molecule has 7 heteroatoms. The maximum Gasteiger partial charge on any atom is 0.140 e. The Kier molecular flexibility index (Phi) is 4.20. The van der Waals surface area contributed by atoms with Gasteiger partial charge in [-0.3, -0.25) is 10.00 Å². The van der Waals surface area contributed by atoms with Gasteiger partial charge in [-0.25, -0.2) is 9.97 Å². The lowest BCUT2D eigenvalue weighted by Crippen LogP contribution is -2.46. The molecule has 0 aliphatic carbocycles. The number of thiophene rings is 1. The quantitative estimate of drug-likeness (QED) is 0.790. The summed E-state index contributed by atoms with van der Waals surface area (Å²) in [6.45, 7) is 9.45. The molecule has 3 aromatic heterocycles. The van der Waals surface area contributed by atoms with E-state index >= 15 is 0 Å². The number of piperazine rings is 1. The highest BCUT2D eigenvalue weighted by Gasteiger charge is 2.21. The van der Waals surface area contributed by atoms with Gasteiger partial charge >= 0.3 is 0 Å². The molecule has 0 radical (unpaired) electrons. The van der Waals surface area contributed by atoms with E-state index in [9.17, 15) is 0 Å². The first-order chi connectivity index (χ1) is 11.7. The van der Waals surface area contributed by atoms with E-state index in [1.165, 1.54) is 16.6 Å². The molecule has 24 heavy (non-hydrogen) atoms. The Balaban J connectivity index is 1.43. The zero-order chi connectivity index (χ0) is 16.5. The predicted octanol–water partition coefficient (Wildman–Crippen LogP) is 2.86. The van der Waals surface area contributed by atoms with Crippen LogP contribution in [0.25, 0.3) is 10.2 Å². The van der Waals surface area contributed by atoms with Gasteiger partial charge in [0.2, 0.25) is 0 Å². The lowest BCUT2D eigenvalue weighted by molar-refractivity contribution is 0.248. The summed E-state index contributed by atoms with van der Waals surface area (Å²) < 4.78 is 0. The van der Waals surface area contributed by atoms with Gasteiger partial charge in [0.15, 0.2) is 0 Å². The van der Waals surface area contributed by atoms with Crippen LogP contribution in [0.5, 0.6) is 0 Å². The zero-order valence-corrected chi connectivity index (χ0v) is 14.9. The molecule has 0 saturated carbocycles. The first kappa shape index (κ1) is 15.5. The molecule has 4 rings (SSSR count).